The second-order valence-electron chi connectivity index (χ2n) is 3.07. The summed E-state index contributed by atoms with van der Waals surface area (Å²) in [5.74, 6) is -0.245. The van der Waals surface area contributed by atoms with Crippen molar-refractivity contribution in [3.63, 3.8) is 0 Å². The van der Waals surface area contributed by atoms with Gasteiger partial charge in [-0.1, -0.05) is 0 Å². The van der Waals surface area contributed by atoms with Crippen LogP contribution in [0.1, 0.15) is 5.56 Å². The van der Waals surface area contributed by atoms with Gasteiger partial charge in [-0.15, -0.1) is 24.8 Å². The monoisotopic (exact) mass is 250 g/mol. The molecule has 0 aliphatic rings. The lowest BCUT2D eigenvalue weighted by atomic mass is 10.2. The van der Waals surface area contributed by atoms with Crippen LogP contribution in [0.4, 0.5) is 13.2 Å². The molecule has 86 valence electrons. The Balaban J connectivity index is 2.52. The van der Waals surface area contributed by atoms with E-state index in [4.69, 9.17) is 11.6 Å². The van der Waals surface area contributed by atoms with Gasteiger partial charge in [0.25, 0.3) is 0 Å². The summed E-state index contributed by atoms with van der Waals surface area (Å²) in [5.41, 5.74) is 1.11. The molecule has 2 rings (SSSR count). The fraction of sp³-hybridized carbons (Fsp3) is 0.222. The van der Waals surface area contributed by atoms with E-state index in [1.165, 1.54) is 12.4 Å². The SMILES string of the molecule is FC(F)(F)Oc1cc(CCl)cc2[nH]cnc12. The van der Waals surface area contributed by atoms with Gasteiger partial charge in [0.05, 0.1) is 11.8 Å². The molecule has 0 aliphatic heterocycles. The van der Waals surface area contributed by atoms with E-state index in [-0.39, 0.29) is 17.1 Å². The lowest BCUT2D eigenvalue weighted by molar-refractivity contribution is -0.274. The third kappa shape index (κ3) is 2.21. The van der Waals surface area contributed by atoms with Crippen molar-refractivity contribution in [1.82, 2.24) is 9.97 Å². The summed E-state index contributed by atoms with van der Waals surface area (Å²) in [6.07, 6.45) is -3.44. The van der Waals surface area contributed by atoms with E-state index in [9.17, 15) is 13.2 Å². The Morgan fingerprint density at radius 2 is 2.12 bits per heavy atom. The molecule has 0 fully saturated rings. The molecule has 0 radical (unpaired) electrons. The smallest absolute Gasteiger partial charge is 0.403 e. The standard InChI is InChI=1S/C9H6ClF3N2O/c10-3-5-1-6-8(15-4-14-6)7(2-5)16-9(11,12)13/h1-2,4H,3H2,(H,14,15). The molecule has 3 nitrogen and oxygen atoms in total. The van der Waals surface area contributed by atoms with Crippen molar-refractivity contribution >= 4 is 22.6 Å². The van der Waals surface area contributed by atoms with E-state index >= 15 is 0 Å². The number of fused-ring (bicyclic) bond motifs is 1. The van der Waals surface area contributed by atoms with Crippen LogP contribution in [0, 0.1) is 0 Å². The highest BCUT2D eigenvalue weighted by Crippen LogP contribution is 2.30. The molecule has 1 N–H and O–H groups in total. The summed E-state index contributed by atoms with van der Waals surface area (Å²) in [6, 6.07) is 2.85. The zero-order valence-electron chi connectivity index (χ0n) is 7.81. The minimum absolute atomic E-state index is 0.100. The maximum absolute atomic E-state index is 12.1. The Morgan fingerprint density at radius 1 is 1.38 bits per heavy atom. The summed E-state index contributed by atoms with van der Waals surface area (Å²) in [6.45, 7) is 0. The van der Waals surface area contributed by atoms with Crippen molar-refractivity contribution in [2.45, 2.75) is 12.2 Å². The minimum Gasteiger partial charge on any atom is -0.403 e. The van der Waals surface area contributed by atoms with E-state index in [2.05, 4.69) is 14.7 Å². The number of H-pyrrole nitrogens is 1. The van der Waals surface area contributed by atoms with Crippen LogP contribution in [0.25, 0.3) is 11.0 Å². The van der Waals surface area contributed by atoms with Crippen LogP contribution in [-0.2, 0) is 5.88 Å². The molecule has 1 aromatic heterocycles. The van der Waals surface area contributed by atoms with Gasteiger partial charge in [0.1, 0.15) is 5.52 Å². The Bertz CT molecular complexity index is 509. The van der Waals surface area contributed by atoms with Crippen LogP contribution >= 0.6 is 11.6 Å². The number of hydrogen-bond acceptors (Lipinski definition) is 2. The number of alkyl halides is 4. The maximum atomic E-state index is 12.1. The molecule has 1 heterocycles. The molecule has 1 aromatic carbocycles. The topological polar surface area (TPSA) is 37.9 Å². The summed E-state index contributed by atoms with van der Waals surface area (Å²) in [7, 11) is 0. The van der Waals surface area contributed by atoms with E-state index in [0.29, 0.717) is 11.1 Å². The largest absolute Gasteiger partial charge is 0.573 e. The number of nitrogens with one attached hydrogen (secondary N) is 1. The van der Waals surface area contributed by atoms with Gasteiger partial charge in [-0.3, -0.25) is 0 Å². The highest BCUT2D eigenvalue weighted by molar-refractivity contribution is 6.17. The second-order valence-corrected chi connectivity index (χ2v) is 3.34. The third-order valence-corrected chi connectivity index (χ3v) is 2.24. The summed E-state index contributed by atoms with van der Waals surface area (Å²) < 4.78 is 40.2. The first-order valence-electron chi connectivity index (χ1n) is 4.27. The van der Waals surface area contributed by atoms with Crippen LogP contribution in [-0.4, -0.2) is 16.3 Å². The highest BCUT2D eigenvalue weighted by Gasteiger charge is 2.32. The number of hydrogen-bond donors (Lipinski definition) is 1. The predicted octanol–water partition coefficient (Wildman–Crippen LogP) is 3.20. The highest BCUT2D eigenvalue weighted by atomic mass is 35.5. The molecule has 2 aromatic rings. The predicted molar refractivity (Wildman–Crippen MR) is 52.3 cm³/mol. The summed E-state index contributed by atoms with van der Waals surface area (Å²) in [5, 5.41) is 0. The Hall–Kier alpha value is -1.43. The van der Waals surface area contributed by atoms with E-state index in [1.54, 1.807) is 6.07 Å². The zero-order valence-corrected chi connectivity index (χ0v) is 8.56. The molecule has 0 bridgehead atoms. The number of imidazole rings is 1. The molecule has 0 unspecified atom stereocenters. The quantitative estimate of drug-likeness (QED) is 0.831. The van der Waals surface area contributed by atoms with Gasteiger partial charge in [-0.2, -0.15) is 0 Å². The molecule has 0 spiro atoms. The van der Waals surface area contributed by atoms with Crippen molar-refractivity contribution in [3.8, 4) is 5.75 Å². The van der Waals surface area contributed by atoms with Gasteiger partial charge in [-0.05, 0) is 17.7 Å². The number of ether oxygens (including phenoxy) is 1. The van der Waals surface area contributed by atoms with E-state index in [1.807, 2.05) is 0 Å². The van der Waals surface area contributed by atoms with Crippen LogP contribution < -0.4 is 4.74 Å². The molecule has 0 amide bonds. The Kier molecular flexibility index (Phi) is 2.67. The minimum atomic E-state index is -4.74. The summed E-state index contributed by atoms with van der Waals surface area (Å²) in [4.78, 5) is 6.46. The molecule has 0 aliphatic carbocycles. The van der Waals surface area contributed by atoms with Gasteiger partial charge in [0.2, 0.25) is 0 Å². The molecule has 0 saturated carbocycles. The average molecular weight is 251 g/mol. The van der Waals surface area contributed by atoms with E-state index < -0.39 is 6.36 Å². The maximum Gasteiger partial charge on any atom is 0.573 e. The van der Waals surface area contributed by atoms with Gasteiger partial charge >= 0.3 is 6.36 Å². The first-order chi connectivity index (χ1) is 7.49. The second kappa shape index (κ2) is 3.86. The first kappa shape index (κ1) is 11.1. The Morgan fingerprint density at radius 3 is 2.75 bits per heavy atom. The van der Waals surface area contributed by atoms with Crippen LogP contribution in [0.2, 0.25) is 0 Å². The van der Waals surface area contributed by atoms with Crippen molar-refractivity contribution < 1.29 is 17.9 Å². The molecule has 0 atom stereocenters. The molecular weight excluding hydrogens is 245 g/mol. The number of halogens is 4. The van der Waals surface area contributed by atoms with Gasteiger partial charge in [0.15, 0.2) is 5.75 Å². The molecule has 7 heteroatoms. The Labute approximate surface area is 93.2 Å². The van der Waals surface area contributed by atoms with Crippen LogP contribution in [0.15, 0.2) is 18.5 Å². The lowest BCUT2D eigenvalue weighted by Gasteiger charge is -2.10. The number of aromatic nitrogens is 2. The zero-order chi connectivity index (χ0) is 11.8. The molecule has 0 saturated heterocycles. The van der Waals surface area contributed by atoms with E-state index in [0.717, 1.165) is 0 Å². The first-order valence-corrected chi connectivity index (χ1v) is 4.81. The normalized spacial score (nSPS) is 12.0. The third-order valence-electron chi connectivity index (χ3n) is 1.93. The number of benzene rings is 1. The van der Waals surface area contributed by atoms with Crippen LogP contribution in [0.5, 0.6) is 5.75 Å². The fourth-order valence-electron chi connectivity index (χ4n) is 1.35. The lowest BCUT2D eigenvalue weighted by Crippen LogP contribution is -2.17. The number of rotatable bonds is 2. The average Bonchev–Trinajstić information content (AvgIpc) is 2.63. The fourth-order valence-corrected chi connectivity index (χ4v) is 1.51. The van der Waals surface area contributed by atoms with Gasteiger partial charge in [-0.25, -0.2) is 4.98 Å². The van der Waals surface area contributed by atoms with Crippen molar-refractivity contribution in [2.75, 3.05) is 0 Å². The van der Waals surface area contributed by atoms with Crippen molar-refractivity contribution in [1.29, 1.82) is 0 Å². The van der Waals surface area contributed by atoms with Gasteiger partial charge in [0, 0.05) is 5.88 Å². The summed E-state index contributed by atoms with van der Waals surface area (Å²) >= 11 is 5.57. The van der Waals surface area contributed by atoms with Crippen molar-refractivity contribution in [3.05, 3.63) is 24.0 Å². The van der Waals surface area contributed by atoms with Crippen LogP contribution in [0.3, 0.4) is 0 Å². The van der Waals surface area contributed by atoms with Crippen molar-refractivity contribution in [2.24, 2.45) is 0 Å². The molecular formula is C9H6ClF3N2O. The number of nitrogens with zero attached hydrogens (tertiary/aromatic N) is 1. The van der Waals surface area contributed by atoms with Gasteiger partial charge < -0.3 is 9.72 Å². The number of aromatic amines is 1. The molecule has 16 heavy (non-hydrogen) atoms.